The summed E-state index contributed by atoms with van der Waals surface area (Å²) in [4.78, 5) is 40.5. The molecule has 2 aliphatic rings. The molecule has 0 radical (unpaired) electrons. The van der Waals surface area contributed by atoms with Gasteiger partial charge in [0.25, 0.3) is 5.91 Å². The van der Waals surface area contributed by atoms with E-state index in [2.05, 4.69) is 10.5 Å². The molecule has 2 aliphatic heterocycles. The van der Waals surface area contributed by atoms with Gasteiger partial charge in [-0.25, -0.2) is 9.69 Å². The van der Waals surface area contributed by atoms with Crippen LogP contribution in [0.15, 0.2) is 53.6 Å². The van der Waals surface area contributed by atoms with Crippen LogP contribution in [0.4, 0.5) is 5.69 Å². The standard InChI is InChI=1S/C20H15Cl2N3O4/c1-2-29-18(27)16-15-17(26)25(14-6-4-3-5-13(14)22)19(28)20(15,24-23-16)11-7-9-12(21)10-8-11/h3-10,15,24H,2H2,1H3. The molecule has 2 atom stereocenters. The van der Waals surface area contributed by atoms with Crippen LogP contribution < -0.4 is 10.3 Å². The third kappa shape index (κ3) is 2.81. The van der Waals surface area contributed by atoms with Gasteiger partial charge in [0.15, 0.2) is 11.3 Å². The van der Waals surface area contributed by atoms with Gasteiger partial charge in [-0.2, -0.15) is 5.10 Å². The molecule has 29 heavy (non-hydrogen) atoms. The summed E-state index contributed by atoms with van der Waals surface area (Å²) >= 11 is 12.2. The molecule has 2 heterocycles. The highest BCUT2D eigenvalue weighted by molar-refractivity contribution is 6.48. The number of carbonyl (C=O) groups is 3. The smallest absolute Gasteiger partial charge is 0.355 e. The minimum atomic E-state index is -1.59. The van der Waals surface area contributed by atoms with Gasteiger partial charge in [0, 0.05) is 5.02 Å². The molecule has 0 spiro atoms. The summed E-state index contributed by atoms with van der Waals surface area (Å²) in [7, 11) is 0. The molecule has 0 bridgehead atoms. The number of ether oxygens (including phenoxy) is 1. The number of amides is 2. The molecule has 7 nitrogen and oxygen atoms in total. The predicted octanol–water partition coefficient (Wildman–Crippen LogP) is 2.90. The Morgan fingerprint density at radius 1 is 1.17 bits per heavy atom. The summed E-state index contributed by atoms with van der Waals surface area (Å²) in [5.41, 5.74) is 1.67. The fraction of sp³-hybridized carbons (Fsp3) is 0.200. The number of carbonyl (C=O) groups excluding carboxylic acids is 3. The largest absolute Gasteiger partial charge is 0.461 e. The Balaban J connectivity index is 1.89. The van der Waals surface area contributed by atoms with E-state index in [-0.39, 0.29) is 23.0 Å². The minimum absolute atomic E-state index is 0.106. The number of imide groups is 1. The third-order valence-electron chi connectivity index (χ3n) is 4.94. The van der Waals surface area contributed by atoms with Crippen LogP contribution in [0.25, 0.3) is 0 Å². The maximum atomic E-state index is 13.6. The van der Waals surface area contributed by atoms with E-state index in [9.17, 15) is 14.4 Å². The number of nitrogens with zero attached hydrogens (tertiary/aromatic N) is 2. The van der Waals surface area contributed by atoms with Gasteiger partial charge in [-0.1, -0.05) is 47.5 Å². The molecule has 2 aromatic rings. The van der Waals surface area contributed by atoms with Gasteiger partial charge in [0.2, 0.25) is 5.91 Å². The minimum Gasteiger partial charge on any atom is -0.461 e. The molecule has 1 fully saturated rings. The van der Waals surface area contributed by atoms with Crippen molar-refractivity contribution in [3.63, 3.8) is 0 Å². The molecule has 2 aromatic carbocycles. The van der Waals surface area contributed by atoms with Gasteiger partial charge in [-0.3, -0.25) is 15.0 Å². The number of halogens is 2. The Kier molecular flexibility index (Phi) is 4.80. The maximum Gasteiger partial charge on any atom is 0.355 e. The number of hydrogen-bond acceptors (Lipinski definition) is 6. The zero-order valence-electron chi connectivity index (χ0n) is 15.2. The van der Waals surface area contributed by atoms with E-state index in [1.54, 1.807) is 55.5 Å². The molecular formula is C20H15Cl2N3O4. The number of esters is 1. The van der Waals surface area contributed by atoms with E-state index in [1.165, 1.54) is 0 Å². The van der Waals surface area contributed by atoms with Crippen molar-refractivity contribution in [2.75, 3.05) is 11.5 Å². The van der Waals surface area contributed by atoms with E-state index in [0.29, 0.717) is 10.6 Å². The topological polar surface area (TPSA) is 88.1 Å². The molecule has 0 saturated carbocycles. The van der Waals surface area contributed by atoms with E-state index >= 15 is 0 Å². The predicted molar refractivity (Wildman–Crippen MR) is 108 cm³/mol. The normalized spacial score (nSPS) is 22.9. The summed E-state index contributed by atoms with van der Waals surface area (Å²) in [5, 5.41) is 4.71. The van der Waals surface area contributed by atoms with Gasteiger partial charge >= 0.3 is 5.97 Å². The summed E-state index contributed by atoms with van der Waals surface area (Å²) in [5.74, 6) is -3.17. The van der Waals surface area contributed by atoms with Gasteiger partial charge in [0.1, 0.15) is 5.92 Å². The van der Waals surface area contributed by atoms with Crippen molar-refractivity contribution in [1.29, 1.82) is 0 Å². The molecule has 9 heteroatoms. The number of anilines is 1. The van der Waals surface area contributed by atoms with E-state index in [0.717, 1.165) is 4.90 Å². The van der Waals surface area contributed by atoms with Gasteiger partial charge in [0.05, 0.1) is 17.3 Å². The zero-order chi connectivity index (χ0) is 20.8. The number of benzene rings is 2. The lowest BCUT2D eigenvalue weighted by molar-refractivity contribution is -0.136. The van der Waals surface area contributed by atoms with Crippen LogP contribution in [-0.2, 0) is 24.7 Å². The Bertz CT molecular complexity index is 1050. The van der Waals surface area contributed by atoms with Crippen LogP contribution in [-0.4, -0.2) is 30.1 Å². The van der Waals surface area contributed by atoms with Crippen molar-refractivity contribution in [1.82, 2.24) is 5.43 Å². The van der Waals surface area contributed by atoms with Crippen molar-refractivity contribution in [2.45, 2.75) is 12.5 Å². The summed E-state index contributed by atoms with van der Waals surface area (Å²) < 4.78 is 5.04. The molecule has 2 amide bonds. The molecule has 0 aliphatic carbocycles. The van der Waals surface area contributed by atoms with Crippen LogP contribution in [0.5, 0.6) is 0 Å². The summed E-state index contributed by atoms with van der Waals surface area (Å²) in [6, 6.07) is 12.9. The van der Waals surface area contributed by atoms with Gasteiger partial charge in [-0.05, 0) is 36.8 Å². The first-order valence-electron chi connectivity index (χ1n) is 8.82. The first kappa shape index (κ1) is 19.4. The first-order valence-corrected chi connectivity index (χ1v) is 9.58. The molecule has 148 valence electrons. The van der Waals surface area contributed by atoms with E-state index < -0.39 is 29.2 Å². The van der Waals surface area contributed by atoms with E-state index in [1.807, 2.05) is 0 Å². The van der Waals surface area contributed by atoms with Crippen LogP contribution in [0, 0.1) is 5.92 Å². The molecule has 4 rings (SSSR count). The average Bonchev–Trinajstić information content (AvgIpc) is 3.20. The fourth-order valence-corrected chi connectivity index (χ4v) is 4.01. The van der Waals surface area contributed by atoms with Crippen molar-refractivity contribution in [2.24, 2.45) is 11.0 Å². The number of rotatable bonds is 4. The third-order valence-corrected chi connectivity index (χ3v) is 5.52. The number of hydrazone groups is 1. The lowest BCUT2D eigenvalue weighted by Gasteiger charge is -2.26. The van der Waals surface area contributed by atoms with E-state index in [4.69, 9.17) is 27.9 Å². The number of fused-ring (bicyclic) bond motifs is 1. The van der Waals surface area contributed by atoms with Crippen molar-refractivity contribution in [3.05, 3.63) is 64.1 Å². The molecule has 0 aromatic heterocycles. The molecule has 2 unspecified atom stereocenters. The monoisotopic (exact) mass is 431 g/mol. The molecular weight excluding hydrogens is 417 g/mol. The highest BCUT2D eigenvalue weighted by Gasteiger charge is 2.67. The Labute approximate surface area is 176 Å². The van der Waals surface area contributed by atoms with Crippen LogP contribution >= 0.6 is 23.2 Å². The van der Waals surface area contributed by atoms with Gasteiger partial charge in [-0.15, -0.1) is 0 Å². The van der Waals surface area contributed by atoms with Crippen LogP contribution in [0.1, 0.15) is 12.5 Å². The SMILES string of the molecule is CCOC(=O)C1=NNC2(c3ccc(Cl)cc3)C(=O)N(c3ccccc3Cl)C(=O)C12. The second-order valence-electron chi connectivity index (χ2n) is 6.51. The maximum absolute atomic E-state index is 13.6. The quantitative estimate of drug-likeness (QED) is 0.593. The number of hydrogen-bond donors (Lipinski definition) is 1. The number of para-hydroxylation sites is 1. The van der Waals surface area contributed by atoms with Crippen LogP contribution in [0.3, 0.4) is 0 Å². The van der Waals surface area contributed by atoms with Crippen molar-refractivity contribution >= 4 is 52.4 Å². The highest BCUT2D eigenvalue weighted by atomic mass is 35.5. The second-order valence-corrected chi connectivity index (χ2v) is 7.35. The lowest BCUT2D eigenvalue weighted by Crippen LogP contribution is -2.48. The second kappa shape index (κ2) is 7.17. The average molecular weight is 432 g/mol. The Morgan fingerprint density at radius 3 is 2.52 bits per heavy atom. The fourth-order valence-electron chi connectivity index (χ4n) is 3.66. The Hall–Kier alpha value is -2.90. The zero-order valence-corrected chi connectivity index (χ0v) is 16.7. The molecule has 1 saturated heterocycles. The molecule has 1 N–H and O–H groups in total. The summed E-state index contributed by atoms with van der Waals surface area (Å²) in [6.45, 7) is 1.75. The van der Waals surface area contributed by atoms with Crippen molar-refractivity contribution in [3.8, 4) is 0 Å². The van der Waals surface area contributed by atoms with Crippen LogP contribution in [0.2, 0.25) is 10.0 Å². The van der Waals surface area contributed by atoms with Gasteiger partial charge < -0.3 is 4.74 Å². The van der Waals surface area contributed by atoms with Crippen molar-refractivity contribution < 1.29 is 19.1 Å². The number of nitrogens with one attached hydrogen (secondary N) is 1. The highest BCUT2D eigenvalue weighted by Crippen LogP contribution is 2.46. The Morgan fingerprint density at radius 2 is 1.86 bits per heavy atom. The first-order chi connectivity index (χ1) is 13.9. The lowest BCUT2D eigenvalue weighted by atomic mass is 9.79. The summed E-state index contributed by atoms with van der Waals surface area (Å²) in [6.07, 6.45) is 0.